The number of hydrogen-bond acceptors (Lipinski definition) is 3. The molecule has 2 aliphatic heterocycles. The molecule has 3 fully saturated rings. The van der Waals surface area contributed by atoms with Gasteiger partial charge in [-0.1, -0.05) is 13.8 Å². The van der Waals surface area contributed by atoms with E-state index in [0.717, 1.165) is 30.4 Å². The highest BCUT2D eigenvalue weighted by Crippen LogP contribution is 2.47. The smallest absolute Gasteiger partial charge is 0.0701 e. The van der Waals surface area contributed by atoms with Crippen molar-refractivity contribution in [2.45, 2.75) is 70.4 Å². The van der Waals surface area contributed by atoms with Crippen LogP contribution in [0.25, 0.3) is 0 Å². The second kappa shape index (κ2) is 7.23. The summed E-state index contributed by atoms with van der Waals surface area (Å²) in [4.78, 5) is 0. The Morgan fingerprint density at radius 3 is 2.76 bits per heavy atom. The molecule has 2 saturated heterocycles. The topological polar surface area (TPSA) is 21.3 Å². The molecule has 4 unspecified atom stereocenters. The summed E-state index contributed by atoms with van der Waals surface area (Å²) in [6.07, 6.45) is 9.35. The van der Waals surface area contributed by atoms with Gasteiger partial charge in [0.15, 0.2) is 0 Å². The average Bonchev–Trinajstić information content (AvgIpc) is 2.87. The quantitative estimate of drug-likeness (QED) is 0.845. The van der Waals surface area contributed by atoms with Crippen LogP contribution in [0.15, 0.2) is 0 Å². The molecule has 2 heterocycles. The second-order valence-corrected chi connectivity index (χ2v) is 8.78. The van der Waals surface area contributed by atoms with E-state index in [0.29, 0.717) is 0 Å². The molecule has 0 aromatic heterocycles. The zero-order valence-electron chi connectivity index (χ0n) is 13.9. The van der Waals surface area contributed by atoms with Crippen molar-refractivity contribution in [3.8, 4) is 0 Å². The maximum atomic E-state index is 6.29. The number of rotatable bonds is 4. The number of nitrogens with one attached hydrogen (secondary N) is 1. The Hall–Kier alpha value is 0.270. The largest absolute Gasteiger partial charge is 0.375 e. The Morgan fingerprint density at radius 1 is 1.19 bits per heavy atom. The van der Waals surface area contributed by atoms with Gasteiger partial charge in [-0.15, -0.1) is 0 Å². The maximum absolute atomic E-state index is 6.29. The summed E-state index contributed by atoms with van der Waals surface area (Å²) in [6, 6.07) is 0.774. The minimum Gasteiger partial charge on any atom is -0.375 e. The van der Waals surface area contributed by atoms with E-state index in [2.05, 4.69) is 30.9 Å². The third-order valence-corrected chi connectivity index (χ3v) is 7.30. The van der Waals surface area contributed by atoms with Crippen molar-refractivity contribution >= 4 is 11.8 Å². The van der Waals surface area contributed by atoms with Gasteiger partial charge in [-0.3, -0.25) is 0 Å². The van der Waals surface area contributed by atoms with Crippen molar-refractivity contribution in [1.82, 2.24) is 5.32 Å². The van der Waals surface area contributed by atoms with E-state index in [9.17, 15) is 0 Å². The van der Waals surface area contributed by atoms with Gasteiger partial charge >= 0.3 is 0 Å². The molecule has 3 rings (SSSR count). The predicted molar refractivity (Wildman–Crippen MR) is 91.9 cm³/mol. The lowest BCUT2D eigenvalue weighted by Crippen LogP contribution is -2.45. The summed E-state index contributed by atoms with van der Waals surface area (Å²) in [5.41, 5.74) is 0.267. The summed E-state index contributed by atoms with van der Waals surface area (Å²) in [6.45, 7) is 6.99. The highest BCUT2D eigenvalue weighted by atomic mass is 32.2. The fraction of sp³-hybridized carbons (Fsp3) is 1.00. The molecule has 4 atom stereocenters. The van der Waals surface area contributed by atoms with E-state index in [4.69, 9.17) is 4.74 Å². The Labute approximate surface area is 135 Å². The molecule has 0 amide bonds. The summed E-state index contributed by atoms with van der Waals surface area (Å²) in [7, 11) is 0. The van der Waals surface area contributed by atoms with Crippen molar-refractivity contribution in [1.29, 1.82) is 0 Å². The summed E-state index contributed by atoms with van der Waals surface area (Å²) in [5.74, 6) is 5.34. The number of hydrogen-bond donors (Lipinski definition) is 1. The minimum atomic E-state index is 0.267. The fourth-order valence-corrected chi connectivity index (χ4v) is 6.24. The van der Waals surface area contributed by atoms with Crippen LogP contribution in [0.4, 0.5) is 0 Å². The molecule has 2 nitrogen and oxygen atoms in total. The van der Waals surface area contributed by atoms with Crippen LogP contribution >= 0.6 is 11.8 Å². The van der Waals surface area contributed by atoms with Crippen molar-refractivity contribution in [2.75, 3.05) is 24.7 Å². The highest BCUT2D eigenvalue weighted by Gasteiger charge is 2.44. The molecule has 0 radical (unpaired) electrons. The van der Waals surface area contributed by atoms with E-state index >= 15 is 0 Å². The molecule has 122 valence electrons. The van der Waals surface area contributed by atoms with Gasteiger partial charge in [-0.2, -0.15) is 11.8 Å². The minimum absolute atomic E-state index is 0.267. The van der Waals surface area contributed by atoms with Crippen LogP contribution in [0.1, 0.15) is 58.8 Å². The first-order valence-electron chi connectivity index (χ1n) is 9.19. The maximum Gasteiger partial charge on any atom is 0.0701 e. The second-order valence-electron chi connectivity index (χ2n) is 7.56. The Balaban J connectivity index is 1.58. The van der Waals surface area contributed by atoms with Crippen LogP contribution in [-0.4, -0.2) is 36.3 Å². The van der Waals surface area contributed by atoms with Gasteiger partial charge in [0.1, 0.15) is 0 Å². The van der Waals surface area contributed by atoms with Crippen molar-refractivity contribution in [3.05, 3.63) is 0 Å². The number of thioether (sulfide) groups is 1. The molecule has 3 heteroatoms. The molecule has 21 heavy (non-hydrogen) atoms. The normalized spacial score (nSPS) is 39.7. The van der Waals surface area contributed by atoms with Gasteiger partial charge < -0.3 is 10.1 Å². The first kappa shape index (κ1) is 16.1. The van der Waals surface area contributed by atoms with Crippen LogP contribution in [-0.2, 0) is 4.74 Å². The predicted octanol–water partition coefficient (Wildman–Crippen LogP) is 4.09. The molecule has 0 aromatic rings. The van der Waals surface area contributed by atoms with Crippen LogP contribution < -0.4 is 5.32 Å². The van der Waals surface area contributed by atoms with Gasteiger partial charge in [-0.05, 0) is 80.7 Å². The van der Waals surface area contributed by atoms with Crippen LogP contribution in [0.3, 0.4) is 0 Å². The lowest BCUT2D eigenvalue weighted by Gasteiger charge is -2.45. The molecule has 1 spiro atoms. The van der Waals surface area contributed by atoms with Gasteiger partial charge in [0.05, 0.1) is 5.60 Å². The monoisotopic (exact) mass is 311 g/mol. The van der Waals surface area contributed by atoms with E-state index < -0.39 is 0 Å². The van der Waals surface area contributed by atoms with Crippen LogP contribution in [0.2, 0.25) is 0 Å². The molecule has 3 aliphatic rings. The third kappa shape index (κ3) is 3.61. The highest BCUT2D eigenvalue weighted by molar-refractivity contribution is 7.99. The van der Waals surface area contributed by atoms with Crippen molar-refractivity contribution < 1.29 is 4.74 Å². The van der Waals surface area contributed by atoms with Crippen molar-refractivity contribution in [3.63, 3.8) is 0 Å². The summed E-state index contributed by atoms with van der Waals surface area (Å²) >= 11 is 2.12. The standard InChI is InChI=1S/C18H33NOS/c1-3-9-19-17-5-4-16(14(17)2)15-6-10-20-18(13-15)7-11-21-12-8-18/h14-17,19H,3-13H2,1-2H3. The lowest BCUT2D eigenvalue weighted by atomic mass is 9.73. The van der Waals surface area contributed by atoms with Gasteiger partial charge in [0.25, 0.3) is 0 Å². The van der Waals surface area contributed by atoms with Crippen LogP contribution in [0.5, 0.6) is 0 Å². The van der Waals surface area contributed by atoms with Gasteiger partial charge in [-0.25, -0.2) is 0 Å². The SMILES string of the molecule is CCCNC1CCC(C2CCOC3(CCSCC3)C2)C1C. The molecular formula is C18H33NOS. The van der Waals surface area contributed by atoms with Gasteiger partial charge in [0.2, 0.25) is 0 Å². The van der Waals surface area contributed by atoms with E-state index in [1.54, 1.807) is 0 Å². The van der Waals surface area contributed by atoms with E-state index in [-0.39, 0.29) is 5.60 Å². The molecule has 1 aliphatic carbocycles. The Bertz CT molecular complexity index is 324. The van der Waals surface area contributed by atoms with E-state index in [1.807, 2.05) is 0 Å². The Morgan fingerprint density at radius 2 is 2.00 bits per heavy atom. The average molecular weight is 312 g/mol. The summed E-state index contributed by atoms with van der Waals surface area (Å²) < 4.78 is 6.29. The Kier molecular flexibility index (Phi) is 5.55. The van der Waals surface area contributed by atoms with E-state index in [1.165, 1.54) is 63.0 Å². The lowest BCUT2D eigenvalue weighted by molar-refractivity contribution is -0.113. The molecule has 1 N–H and O–H groups in total. The molecule has 1 saturated carbocycles. The molecule has 0 aromatic carbocycles. The fourth-order valence-electron chi connectivity index (χ4n) is 5.00. The zero-order chi connectivity index (χ0) is 14.7. The van der Waals surface area contributed by atoms with Gasteiger partial charge in [0, 0.05) is 12.6 Å². The first-order chi connectivity index (χ1) is 10.2. The zero-order valence-corrected chi connectivity index (χ0v) is 14.7. The first-order valence-corrected chi connectivity index (χ1v) is 10.3. The molecule has 0 bridgehead atoms. The van der Waals surface area contributed by atoms with Crippen molar-refractivity contribution in [2.24, 2.45) is 17.8 Å². The molecular weight excluding hydrogens is 278 g/mol. The number of ether oxygens (including phenoxy) is 1. The third-order valence-electron chi connectivity index (χ3n) is 6.32. The van der Waals surface area contributed by atoms with Crippen LogP contribution in [0, 0.1) is 17.8 Å². The summed E-state index contributed by atoms with van der Waals surface area (Å²) in [5, 5.41) is 3.79.